The first-order valence-electron chi connectivity index (χ1n) is 9.79. The summed E-state index contributed by atoms with van der Waals surface area (Å²) in [5, 5.41) is 8.80. The number of nitrogens with zero attached hydrogens (tertiary/aromatic N) is 1. The second-order valence-corrected chi connectivity index (χ2v) is 7.00. The normalized spacial score (nSPS) is 17.1. The topological polar surface area (TPSA) is 32.7 Å². The molecule has 1 aliphatic carbocycles. The fourth-order valence-electron chi connectivity index (χ4n) is 3.88. The van der Waals surface area contributed by atoms with E-state index in [0.29, 0.717) is 12.6 Å². The molecule has 1 atom stereocenters. The molecule has 3 nitrogen and oxygen atoms in total. The van der Waals surface area contributed by atoms with E-state index in [0.717, 1.165) is 18.7 Å². The van der Waals surface area contributed by atoms with Crippen LogP contribution in [0.5, 0.6) is 5.75 Å². The molecule has 1 aromatic rings. The van der Waals surface area contributed by atoms with Gasteiger partial charge in [-0.1, -0.05) is 38.7 Å². The largest absolute Gasteiger partial charge is 0.497 e. The lowest BCUT2D eigenvalue weighted by Crippen LogP contribution is -2.39. The van der Waals surface area contributed by atoms with Gasteiger partial charge in [0.1, 0.15) is 5.75 Å². The van der Waals surface area contributed by atoms with Crippen molar-refractivity contribution in [3.63, 3.8) is 0 Å². The maximum Gasteiger partial charge on any atom is 0.119 e. The Morgan fingerprint density at radius 3 is 2.54 bits per heavy atom. The highest BCUT2D eigenvalue weighted by atomic mass is 16.5. The Balaban J connectivity index is 1.75. The third-order valence-corrected chi connectivity index (χ3v) is 5.39. The van der Waals surface area contributed by atoms with E-state index in [1.807, 2.05) is 0 Å². The summed E-state index contributed by atoms with van der Waals surface area (Å²) in [6, 6.07) is 7.28. The molecule has 0 aliphatic heterocycles. The Hall–Kier alpha value is -1.06. The lowest BCUT2D eigenvalue weighted by molar-refractivity contribution is 0.184. The van der Waals surface area contributed by atoms with Gasteiger partial charge in [0.15, 0.2) is 0 Å². The number of hydrogen-bond acceptors (Lipinski definition) is 3. The molecule has 0 heterocycles. The molecule has 0 aromatic heterocycles. The van der Waals surface area contributed by atoms with Crippen LogP contribution in [-0.2, 0) is 12.8 Å². The summed E-state index contributed by atoms with van der Waals surface area (Å²) >= 11 is 0. The van der Waals surface area contributed by atoms with E-state index in [2.05, 4.69) is 30.0 Å². The number of aliphatic hydroxyl groups is 1. The number of aliphatic hydroxyl groups excluding tert-OH is 1. The number of rotatable bonds is 11. The number of methoxy groups -OCH3 is 1. The minimum atomic E-state index is 0.346. The zero-order chi connectivity index (χ0) is 17.2. The molecule has 2 rings (SSSR count). The van der Waals surface area contributed by atoms with Gasteiger partial charge >= 0.3 is 0 Å². The number of ether oxygens (including phenoxy) is 1. The van der Waals surface area contributed by atoms with Gasteiger partial charge in [-0.25, -0.2) is 0 Å². The van der Waals surface area contributed by atoms with E-state index >= 15 is 0 Å². The molecular weight excluding hydrogens is 298 g/mol. The predicted octanol–water partition coefficient (Wildman–Crippen LogP) is 4.21. The number of unbranched alkanes of at least 4 members (excludes halogenated alkanes) is 5. The molecule has 0 radical (unpaired) electrons. The van der Waals surface area contributed by atoms with E-state index in [1.165, 1.54) is 69.0 Å². The summed E-state index contributed by atoms with van der Waals surface area (Å²) in [6.45, 7) is 5.02. The zero-order valence-corrected chi connectivity index (χ0v) is 15.6. The van der Waals surface area contributed by atoms with Gasteiger partial charge in [-0.15, -0.1) is 0 Å². The first-order chi connectivity index (χ1) is 11.8. The molecule has 1 N–H and O–H groups in total. The Bertz CT molecular complexity index is 475. The Labute approximate surface area is 148 Å². The summed E-state index contributed by atoms with van der Waals surface area (Å²) in [4.78, 5) is 2.68. The van der Waals surface area contributed by atoms with Crippen molar-refractivity contribution in [2.45, 2.75) is 70.8 Å². The summed E-state index contributed by atoms with van der Waals surface area (Å²) in [7, 11) is 1.75. The van der Waals surface area contributed by atoms with E-state index in [1.54, 1.807) is 7.11 Å². The number of likely N-dealkylation sites (N-methyl/N-ethyl adjacent to an activating group) is 1. The molecule has 0 amide bonds. The van der Waals surface area contributed by atoms with Crippen LogP contribution >= 0.6 is 0 Å². The van der Waals surface area contributed by atoms with Crippen LogP contribution in [0.1, 0.15) is 63.0 Å². The van der Waals surface area contributed by atoms with Crippen molar-refractivity contribution in [1.82, 2.24) is 4.90 Å². The highest BCUT2D eigenvalue weighted by molar-refractivity contribution is 5.37. The summed E-state index contributed by atoms with van der Waals surface area (Å²) < 4.78 is 5.35. The van der Waals surface area contributed by atoms with Gasteiger partial charge in [0.05, 0.1) is 7.11 Å². The van der Waals surface area contributed by atoms with Crippen LogP contribution in [0.15, 0.2) is 18.2 Å². The lowest BCUT2D eigenvalue weighted by atomic mass is 9.87. The summed E-state index contributed by atoms with van der Waals surface area (Å²) in [5.74, 6) is 0.987. The van der Waals surface area contributed by atoms with Crippen molar-refractivity contribution < 1.29 is 9.84 Å². The zero-order valence-electron chi connectivity index (χ0n) is 15.6. The lowest BCUT2D eigenvalue weighted by Gasteiger charge is -2.34. The van der Waals surface area contributed by atoms with Crippen LogP contribution in [0.25, 0.3) is 0 Å². The number of hydrogen-bond donors (Lipinski definition) is 1. The average molecular weight is 334 g/mol. The molecule has 1 aliphatic rings. The Morgan fingerprint density at radius 2 is 1.83 bits per heavy atom. The summed E-state index contributed by atoms with van der Waals surface area (Å²) in [6.07, 6.45) is 11.0. The minimum absolute atomic E-state index is 0.346. The average Bonchev–Trinajstić information content (AvgIpc) is 2.63. The van der Waals surface area contributed by atoms with Gasteiger partial charge in [-0.05, 0) is 68.5 Å². The van der Waals surface area contributed by atoms with Gasteiger partial charge in [0.25, 0.3) is 0 Å². The van der Waals surface area contributed by atoms with Gasteiger partial charge in [0.2, 0.25) is 0 Å². The van der Waals surface area contributed by atoms with Crippen LogP contribution < -0.4 is 4.74 Å². The molecule has 1 aromatic carbocycles. The first-order valence-corrected chi connectivity index (χ1v) is 9.79. The fourth-order valence-corrected chi connectivity index (χ4v) is 3.88. The van der Waals surface area contributed by atoms with Crippen molar-refractivity contribution >= 4 is 0 Å². The molecular formula is C21H35NO2. The number of aryl methyl sites for hydroxylation is 1. The van der Waals surface area contributed by atoms with Crippen LogP contribution in [-0.4, -0.2) is 42.9 Å². The van der Waals surface area contributed by atoms with E-state index in [4.69, 9.17) is 9.84 Å². The maximum absolute atomic E-state index is 8.80. The Kier molecular flexibility index (Phi) is 8.62. The molecule has 0 fully saturated rings. The van der Waals surface area contributed by atoms with E-state index in [9.17, 15) is 0 Å². The monoisotopic (exact) mass is 333 g/mol. The van der Waals surface area contributed by atoms with Gasteiger partial charge in [-0.3, -0.25) is 0 Å². The van der Waals surface area contributed by atoms with Crippen molar-refractivity contribution in [3.05, 3.63) is 29.3 Å². The number of benzene rings is 1. The SMILES string of the molecule is CCN(CCCCCCCCO)C1CCc2cc(OC)ccc2C1. The quantitative estimate of drug-likeness (QED) is 0.616. The van der Waals surface area contributed by atoms with Crippen LogP contribution in [0, 0.1) is 0 Å². The Morgan fingerprint density at radius 1 is 1.08 bits per heavy atom. The second-order valence-electron chi connectivity index (χ2n) is 7.00. The molecule has 0 saturated carbocycles. The first kappa shape index (κ1) is 19.3. The predicted molar refractivity (Wildman–Crippen MR) is 101 cm³/mol. The highest BCUT2D eigenvalue weighted by Crippen LogP contribution is 2.28. The maximum atomic E-state index is 8.80. The molecule has 0 bridgehead atoms. The third-order valence-electron chi connectivity index (χ3n) is 5.39. The smallest absolute Gasteiger partial charge is 0.119 e. The minimum Gasteiger partial charge on any atom is -0.497 e. The molecule has 0 spiro atoms. The van der Waals surface area contributed by atoms with Gasteiger partial charge < -0.3 is 14.7 Å². The van der Waals surface area contributed by atoms with Crippen LogP contribution in [0.3, 0.4) is 0 Å². The highest BCUT2D eigenvalue weighted by Gasteiger charge is 2.23. The third kappa shape index (κ3) is 5.78. The van der Waals surface area contributed by atoms with Crippen LogP contribution in [0.4, 0.5) is 0 Å². The standard InChI is InChI=1S/C21H35NO2/c1-3-22(14-8-6-4-5-7-9-15-23)20-12-10-19-17-21(24-2)13-11-18(19)16-20/h11,13,17,20,23H,3-10,12,14-16H2,1-2H3. The second kappa shape index (κ2) is 10.7. The van der Waals surface area contributed by atoms with Crippen molar-refractivity contribution in [2.24, 2.45) is 0 Å². The van der Waals surface area contributed by atoms with E-state index in [-0.39, 0.29) is 0 Å². The van der Waals surface area contributed by atoms with Crippen LogP contribution in [0.2, 0.25) is 0 Å². The van der Waals surface area contributed by atoms with Crippen molar-refractivity contribution in [3.8, 4) is 5.75 Å². The molecule has 136 valence electrons. The number of fused-ring (bicyclic) bond motifs is 1. The van der Waals surface area contributed by atoms with Crippen molar-refractivity contribution in [1.29, 1.82) is 0 Å². The van der Waals surface area contributed by atoms with Crippen molar-refractivity contribution in [2.75, 3.05) is 26.8 Å². The summed E-state index contributed by atoms with van der Waals surface area (Å²) in [5.41, 5.74) is 2.99. The molecule has 1 unspecified atom stereocenters. The van der Waals surface area contributed by atoms with Gasteiger partial charge in [0, 0.05) is 12.6 Å². The fraction of sp³-hybridized carbons (Fsp3) is 0.714. The van der Waals surface area contributed by atoms with E-state index < -0.39 is 0 Å². The molecule has 24 heavy (non-hydrogen) atoms. The molecule has 0 saturated heterocycles. The molecule has 3 heteroatoms. The van der Waals surface area contributed by atoms with Gasteiger partial charge in [-0.2, -0.15) is 0 Å².